The monoisotopic (exact) mass is 325 g/mol. The third-order valence-electron chi connectivity index (χ3n) is 4.39. The lowest BCUT2D eigenvalue weighted by Gasteiger charge is -2.34. The lowest BCUT2D eigenvalue weighted by molar-refractivity contribution is 0.0185. The highest BCUT2D eigenvalue weighted by Gasteiger charge is 2.24. The summed E-state index contributed by atoms with van der Waals surface area (Å²) in [6, 6.07) is 12.3. The largest absolute Gasteiger partial charge is 0.377 e. The molecule has 1 aliphatic rings. The summed E-state index contributed by atoms with van der Waals surface area (Å²) in [6.07, 6.45) is 3.57. The Morgan fingerprint density at radius 3 is 2.54 bits per heavy atom. The van der Waals surface area contributed by atoms with E-state index in [1.165, 1.54) is 0 Å². The summed E-state index contributed by atoms with van der Waals surface area (Å²) in [5.41, 5.74) is 3.36. The average molecular weight is 325 g/mol. The van der Waals surface area contributed by atoms with Crippen LogP contribution in [0.15, 0.2) is 48.8 Å². The molecule has 24 heavy (non-hydrogen) atoms. The fourth-order valence-corrected chi connectivity index (χ4v) is 2.89. The molecule has 0 unspecified atom stereocenters. The van der Waals surface area contributed by atoms with Crippen LogP contribution in [0.2, 0.25) is 0 Å². The molecule has 0 radical (unpaired) electrons. The van der Waals surface area contributed by atoms with Crippen LogP contribution in [0.3, 0.4) is 0 Å². The van der Waals surface area contributed by atoms with Crippen LogP contribution < -0.4 is 5.32 Å². The zero-order valence-corrected chi connectivity index (χ0v) is 14.1. The standard InChI is InChI=1S/C19H23N3O2/c1-14-13-24-12-11-22(14)19(23)21-15(2)16-3-5-17(6-4-16)18-7-9-20-10-8-18/h3-10,14-15H,11-13H2,1-2H3,(H,21,23)/t14-,15+/m1/s1. The summed E-state index contributed by atoms with van der Waals surface area (Å²) >= 11 is 0. The van der Waals surface area contributed by atoms with Gasteiger partial charge in [-0.25, -0.2) is 4.79 Å². The molecule has 1 N–H and O–H groups in total. The van der Waals surface area contributed by atoms with E-state index < -0.39 is 0 Å². The Morgan fingerprint density at radius 1 is 1.21 bits per heavy atom. The summed E-state index contributed by atoms with van der Waals surface area (Å²) in [5, 5.41) is 3.08. The van der Waals surface area contributed by atoms with Crippen LogP contribution in [-0.2, 0) is 4.74 Å². The van der Waals surface area contributed by atoms with Crippen molar-refractivity contribution in [3.05, 3.63) is 54.4 Å². The minimum Gasteiger partial charge on any atom is -0.377 e. The van der Waals surface area contributed by atoms with Crippen molar-refractivity contribution in [2.45, 2.75) is 25.9 Å². The maximum atomic E-state index is 12.4. The molecule has 2 heterocycles. The third kappa shape index (κ3) is 3.74. The molecule has 0 spiro atoms. The SMILES string of the molecule is C[C@H](NC(=O)N1CCOC[C@H]1C)c1ccc(-c2ccncc2)cc1. The van der Waals surface area contributed by atoms with Crippen LogP contribution in [-0.4, -0.2) is 41.7 Å². The van der Waals surface area contributed by atoms with Gasteiger partial charge in [-0.1, -0.05) is 24.3 Å². The number of pyridine rings is 1. The van der Waals surface area contributed by atoms with Crippen molar-refractivity contribution < 1.29 is 9.53 Å². The molecule has 2 aromatic rings. The Kier molecular flexibility index (Phi) is 5.11. The van der Waals surface area contributed by atoms with Gasteiger partial charge in [-0.2, -0.15) is 0 Å². The number of nitrogens with zero attached hydrogens (tertiary/aromatic N) is 2. The third-order valence-corrected chi connectivity index (χ3v) is 4.39. The molecular weight excluding hydrogens is 302 g/mol. The maximum absolute atomic E-state index is 12.4. The van der Waals surface area contributed by atoms with Crippen molar-refractivity contribution in [2.75, 3.05) is 19.8 Å². The Bertz CT molecular complexity index is 673. The molecular formula is C19H23N3O2. The number of benzene rings is 1. The zero-order chi connectivity index (χ0) is 16.9. The Hall–Kier alpha value is -2.40. The number of amides is 2. The Labute approximate surface area is 142 Å². The van der Waals surface area contributed by atoms with Crippen molar-refractivity contribution in [1.82, 2.24) is 15.2 Å². The number of morpholine rings is 1. The van der Waals surface area contributed by atoms with Crippen LogP contribution in [0.5, 0.6) is 0 Å². The molecule has 1 saturated heterocycles. The van der Waals surface area contributed by atoms with Crippen molar-refractivity contribution in [2.24, 2.45) is 0 Å². The molecule has 5 nitrogen and oxygen atoms in total. The van der Waals surface area contributed by atoms with Gasteiger partial charge in [-0.05, 0) is 42.7 Å². The van der Waals surface area contributed by atoms with Gasteiger partial charge in [0.05, 0.1) is 25.3 Å². The van der Waals surface area contributed by atoms with Crippen LogP contribution in [0.25, 0.3) is 11.1 Å². The second-order valence-corrected chi connectivity index (χ2v) is 6.15. The predicted octanol–water partition coefficient (Wildman–Crippen LogP) is 3.24. The molecule has 126 valence electrons. The smallest absolute Gasteiger partial charge is 0.318 e. The summed E-state index contributed by atoms with van der Waals surface area (Å²) in [6.45, 7) is 5.85. The van der Waals surface area contributed by atoms with E-state index in [1.54, 1.807) is 12.4 Å². The van der Waals surface area contributed by atoms with Gasteiger partial charge in [-0.3, -0.25) is 4.98 Å². The minimum atomic E-state index is -0.0426. The Balaban J connectivity index is 1.64. The highest BCUT2D eigenvalue weighted by molar-refractivity contribution is 5.75. The molecule has 2 atom stereocenters. The first kappa shape index (κ1) is 16.5. The van der Waals surface area contributed by atoms with Gasteiger partial charge in [0.1, 0.15) is 0 Å². The van der Waals surface area contributed by atoms with E-state index in [1.807, 2.05) is 30.9 Å². The van der Waals surface area contributed by atoms with Gasteiger partial charge in [0.25, 0.3) is 0 Å². The molecule has 5 heteroatoms. The van der Waals surface area contributed by atoms with Gasteiger partial charge in [0.2, 0.25) is 0 Å². The zero-order valence-electron chi connectivity index (χ0n) is 14.1. The molecule has 2 amide bonds. The fourth-order valence-electron chi connectivity index (χ4n) is 2.89. The lowest BCUT2D eigenvalue weighted by Crippen LogP contribution is -2.51. The Morgan fingerprint density at radius 2 is 1.88 bits per heavy atom. The van der Waals surface area contributed by atoms with E-state index in [0.717, 1.165) is 16.7 Å². The molecule has 1 aromatic carbocycles. The molecule has 0 aliphatic carbocycles. The van der Waals surface area contributed by atoms with Crippen molar-refractivity contribution in [1.29, 1.82) is 0 Å². The van der Waals surface area contributed by atoms with E-state index in [9.17, 15) is 4.79 Å². The number of nitrogens with one attached hydrogen (secondary N) is 1. The minimum absolute atomic E-state index is 0.0310. The number of rotatable bonds is 3. The summed E-state index contributed by atoms with van der Waals surface area (Å²) in [7, 11) is 0. The van der Waals surface area contributed by atoms with Crippen molar-refractivity contribution >= 4 is 6.03 Å². The fraction of sp³-hybridized carbons (Fsp3) is 0.368. The molecule has 0 bridgehead atoms. The first-order valence-corrected chi connectivity index (χ1v) is 8.30. The summed E-state index contributed by atoms with van der Waals surface area (Å²) in [5.74, 6) is 0. The molecule has 0 saturated carbocycles. The summed E-state index contributed by atoms with van der Waals surface area (Å²) < 4.78 is 5.38. The molecule has 1 fully saturated rings. The first-order chi connectivity index (χ1) is 11.6. The highest BCUT2D eigenvalue weighted by Crippen LogP contribution is 2.21. The topological polar surface area (TPSA) is 54.5 Å². The van der Waals surface area contributed by atoms with Crippen molar-refractivity contribution in [3.8, 4) is 11.1 Å². The number of urea groups is 1. The van der Waals surface area contributed by atoms with Crippen LogP contribution >= 0.6 is 0 Å². The van der Waals surface area contributed by atoms with Crippen molar-refractivity contribution in [3.63, 3.8) is 0 Å². The van der Waals surface area contributed by atoms with E-state index in [-0.39, 0.29) is 18.1 Å². The van der Waals surface area contributed by atoms with Gasteiger partial charge in [0.15, 0.2) is 0 Å². The predicted molar refractivity (Wildman–Crippen MR) is 93.6 cm³/mol. The van der Waals surface area contributed by atoms with E-state index in [4.69, 9.17) is 4.74 Å². The maximum Gasteiger partial charge on any atom is 0.318 e. The normalized spacial score (nSPS) is 18.9. The average Bonchev–Trinajstić information content (AvgIpc) is 2.63. The highest BCUT2D eigenvalue weighted by atomic mass is 16.5. The number of carbonyl (C=O) groups is 1. The van der Waals surface area contributed by atoms with Gasteiger partial charge >= 0.3 is 6.03 Å². The first-order valence-electron chi connectivity index (χ1n) is 8.30. The van der Waals surface area contributed by atoms with E-state index in [0.29, 0.717) is 19.8 Å². The lowest BCUT2D eigenvalue weighted by atomic mass is 10.0. The van der Waals surface area contributed by atoms with Gasteiger partial charge < -0.3 is 15.0 Å². The molecule has 1 aliphatic heterocycles. The van der Waals surface area contributed by atoms with Crippen LogP contribution in [0.4, 0.5) is 4.79 Å². The van der Waals surface area contributed by atoms with Gasteiger partial charge in [-0.15, -0.1) is 0 Å². The van der Waals surface area contributed by atoms with Crippen LogP contribution in [0, 0.1) is 0 Å². The number of hydrogen-bond donors (Lipinski definition) is 1. The number of aromatic nitrogens is 1. The van der Waals surface area contributed by atoms with E-state index >= 15 is 0 Å². The van der Waals surface area contributed by atoms with E-state index in [2.05, 4.69) is 34.6 Å². The molecule has 1 aromatic heterocycles. The van der Waals surface area contributed by atoms with Gasteiger partial charge in [0, 0.05) is 18.9 Å². The quantitative estimate of drug-likeness (QED) is 0.942. The molecule has 3 rings (SSSR count). The van der Waals surface area contributed by atoms with Crippen LogP contribution in [0.1, 0.15) is 25.5 Å². The second kappa shape index (κ2) is 7.45. The summed E-state index contributed by atoms with van der Waals surface area (Å²) in [4.78, 5) is 18.3. The number of carbonyl (C=O) groups excluding carboxylic acids is 1. The second-order valence-electron chi connectivity index (χ2n) is 6.15. The number of hydrogen-bond acceptors (Lipinski definition) is 3. The number of ether oxygens (including phenoxy) is 1.